The van der Waals surface area contributed by atoms with Crippen molar-refractivity contribution in [1.82, 2.24) is 10.2 Å². The smallest absolute Gasteiger partial charge is 0.325 e. The second-order valence-corrected chi connectivity index (χ2v) is 8.26. The number of anilines is 1. The Hall–Kier alpha value is -2.67. The average Bonchev–Trinajstić information content (AvgIpc) is 2.89. The van der Waals surface area contributed by atoms with Crippen molar-refractivity contribution in [1.29, 1.82) is 0 Å². The fourth-order valence-electron chi connectivity index (χ4n) is 3.40. The highest BCUT2D eigenvalue weighted by molar-refractivity contribution is 9.10. The van der Waals surface area contributed by atoms with E-state index in [0.29, 0.717) is 11.3 Å². The first kappa shape index (κ1) is 21.0. The van der Waals surface area contributed by atoms with Crippen LogP contribution in [0.3, 0.4) is 0 Å². The van der Waals surface area contributed by atoms with E-state index in [1.54, 1.807) is 13.0 Å². The minimum Gasteiger partial charge on any atom is -0.325 e. The topological polar surface area (TPSA) is 78.5 Å². The Morgan fingerprint density at radius 1 is 1.17 bits per heavy atom. The zero-order valence-corrected chi connectivity index (χ0v) is 18.3. The van der Waals surface area contributed by atoms with Gasteiger partial charge in [-0.05, 0) is 55.2 Å². The Labute approximate surface area is 178 Å². The third kappa shape index (κ3) is 4.34. The van der Waals surface area contributed by atoms with Crippen LogP contribution in [0.5, 0.6) is 0 Å². The van der Waals surface area contributed by atoms with Gasteiger partial charge in [0.15, 0.2) is 0 Å². The molecule has 1 fully saturated rings. The van der Waals surface area contributed by atoms with Gasteiger partial charge in [0.25, 0.3) is 5.91 Å². The molecule has 2 aromatic carbocycles. The van der Waals surface area contributed by atoms with Crippen LogP contribution in [0.4, 0.5) is 10.5 Å². The van der Waals surface area contributed by atoms with E-state index in [-0.39, 0.29) is 6.54 Å². The number of amides is 4. The van der Waals surface area contributed by atoms with E-state index in [1.807, 2.05) is 43.3 Å². The van der Waals surface area contributed by atoms with Crippen LogP contribution in [-0.4, -0.2) is 29.3 Å². The van der Waals surface area contributed by atoms with E-state index in [0.717, 1.165) is 27.8 Å². The van der Waals surface area contributed by atoms with Gasteiger partial charge >= 0.3 is 6.03 Å². The standard InChI is InChI=1S/C22H24BrN3O3/c1-4-5-15-6-8-16(9-7-15)22(3)20(28)26(21(29)25-22)13-19(27)24-17-10-11-18(23)14(2)12-17/h6-12H,4-5,13H2,1-3H3,(H,24,27)(H,25,29). The van der Waals surface area contributed by atoms with Crippen molar-refractivity contribution in [3.05, 3.63) is 63.6 Å². The van der Waals surface area contributed by atoms with Crippen LogP contribution in [0.2, 0.25) is 0 Å². The number of rotatable bonds is 6. The molecular weight excluding hydrogens is 434 g/mol. The molecule has 2 N–H and O–H groups in total. The maximum absolute atomic E-state index is 13.0. The Balaban J connectivity index is 1.72. The van der Waals surface area contributed by atoms with E-state index in [2.05, 4.69) is 33.5 Å². The highest BCUT2D eigenvalue weighted by atomic mass is 79.9. The highest BCUT2D eigenvalue weighted by Gasteiger charge is 2.49. The molecule has 0 radical (unpaired) electrons. The Kier molecular flexibility index (Phi) is 6.07. The molecule has 0 aliphatic carbocycles. The summed E-state index contributed by atoms with van der Waals surface area (Å²) in [5.74, 6) is -0.870. The summed E-state index contributed by atoms with van der Waals surface area (Å²) in [4.78, 5) is 38.8. The van der Waals surface area contributed by atoms with Crippen molar-refractivity contribution >= 4 is 39.5 Å². The number of imide groups is 1. The quantitative estimate of drug-likeness (QED) is 0.640. The lowest BCUT2D eigenvalue weighted by molar-refractivity contribution is -0.133. The Bertz CT molecular complexity index is 958. The van der Waals surface area contributed by atoms with E-state index in [9.17, 15) is 14.4 Å². The molecule has 29 heavy (non-hydrogen) atoms. The monoisotopic (exact) mass is 457 g/mol. The highest BCUT2D eigenvalue weighted by Crippen LogP contribution is 2.29. The van der Waals surface area contributed by atoms with E-state index in [1.165, 1.54) is 5.56 Å². The summed E-state index contributed by atoms with van der Waals surface area (Å²) in [6.07, 6.45) is 1.99. The number of halogens is 1. The maximum Gasteiger partial charge on any atom is 0.325 e. The summed E-state index contributed by atoms with van der Waals surface area (Å²) in [6, 6.07) is 12.5. The first-order valence-corrected chi connectivity index (χ1v) is 10.3. The predicted molar refractivity (Wildman–Crippen MR) is 116 cm³/mol. The second kappa shape index (κ2) is 8.37. The largest absolute Gasteiger partial charge is 0.325 e. The van der Waals surface area contributed by atoms with Crippen molar-refractivity contribution in [2.45, 2.75) is 39.2 Å². The van der Waals surface area contributed by atoms with E-state index < -0.39 is 23.4 Å². The third-order valence-corrected chi connectivity index (χ3v) is 5.98. The molecule has 3 rings (SSSR count). The van der Waals surface area contributed by atoms with Gasteiger partial charge in [0.2, 0.25) is 5.91 Å². The summed E-state index contributed by atoms with van der Waals surface area (Å²) in [5, 5.41) is 5.47. The van der Waals surface area contributed by atoms with Crippen molar-refractivity contribution < 1.29 is 14.4 Å². The van der Waals surface area contributed by atoms with Gasteiger partial charge in [0.05, 0.1) is 0 Å². The van der Waals surface area contributed by atoms with Gasteiger partial charge in [0.1, 0.15) is 12.1 Å². The van der Waals surface area contributed by atoms with Crippen LogP contribution in [0.15, 0.2) is 46.9 Å². The third-order valence-electron chi connectivity index (χ3n) is 5.09. The zero-order valence-electron chi connectivity index (χ0n) is 16.7. The van der Waals surface area contributed by atoms with Gasteiger partial charge < -0.3 is 10.6 Å². The maximum atomic E-state index is 13.0. The Morgan fingerprint density at radius 2 is 1.86 bits per heavy atom. The first-order chi connectivity index (χ1) is 13.7. The first-order valence-electron chi connectivity index (χ1n) is 9.54. The number of nitrogens with zero attached hydrogens (tertiary/aromatic N) is 1. The zero-order chi connectivity index (χ0) is 21.2. The van der Waals surface area contributed by atoms with Crippen LogP contribution in [0.25, 0.3) is 0 Å². The predicted octanol–water partition coefficient (Wildman–Crippen LogP) is 4.12. The number of urea groups is 1. The molecule has 1 unspecified atom stereocenters. The van der Waals surface area contributed by atoms with Gasteiger partial charge in [0, 0.05) is 10.2 Å². The number of carbonyl (C=O) groups excluding carboxylic acids is 3. The molecular formula is C22H24BrN3O3. The van der Waals surface area contributed by atoms with Crippen molar-refractivity contribution in [3.8, 4) is 0 Å². The van der Waals surface area contributed by atoms with Crippen LogP contribution in [0.1, 0.15) is 37.0 Å². The molecule has 2 aromatic rings. The van der Waals surface area contributed by atoms with Crippen LogP contribution < -0.4 is 10.6 Å². The molecule has 4 amide bonds. The summed E-state index contributed by atoms with van der Waals surface area (Å²) in [5.41, 5.74) is 2.27. The fraction of sp³-hybridized carbons (Fsp3) is 0.318. The summed E-state index contributed by atoms with van der Waals surface area (Å²) < 4.78 is 0.935. The van der Waals surface area contributed by atoms with Gasteiger partial charge in [-0.3, -0.25) is 14.5 Å². The lowest BCUT2D eigenvalue weighted by Gasteiger charge is -2.22. The van der Waals surface area contributed by atoms with Gasteiger partial charge in [-0.2, -0.15) is 0 Å². The summed E-state index contributed by atoms with van der Waals surface area (Å²) in [7, 11) is 0. The lowest BCUT2D eigenvalue weighted by atomic mass is 9.91. The van der Waals surface area contributed by atoms with Crippen molar-refractivity contribution in [3.63, 3.8) is 0 Å². The number of nitrogens with one attached hydrogen (secondary N) is 2. The molecule has 1 saturated heterocycles. The number of benzene rings is 2. The molecule has 0 saturated carbocycles. The van der Waals surface area contributed by atoms with Gasteiger partial charge in [-0.1, -0.05) is 53.5 Å². The Morgan fingerprint density at radius 3 is 2.48 bits per heavy atom. The van der Waals surface area contributed by atoms with Crippen molar-refractivity contribution in [2.24, 2.45) is 0 Å². The molecule has 0 aromatic heterocycles. The summed E-state index contributed by atoms with van der Waals surface area (Å²) in [6.45, 7) is 5.34. The number of hydrogen-bond donors (Lipinski definition) is 2. The lowest BCUT2D eigenvalue weighted by Crippen LogP contribution is -2.42. The second-order valence-electron chi connectivity index (χ2n) is 7.41. The molecule has 6 nitrogen and oxygen atoms in total. The molecule has 0 spiro atoms. The molecule has 0 bridgehead atoms. The molecule has 1 aliphatic heterocycles. The molecule has 7 heteroatoms. The van der Waals surface area contributed by atoms with Crippen LogP contribution in [-0.2, 0) is 21.5 Å². The minimum atomic E-state index is -1.18. The van der Waals surface area contributed by atoms with Gasteiger partial charge in [-0.25, -0.2) is 4.79 Å². The van der Waals surface area contributed by atoms with E-state index >= 15 is 0 Å². The normalized spacial score (nSPS) is 18.7. The molecule has 1 atom stereocenters. The van der Waals surface area contributed by atoms with Crippen molar-refractivity contribution in [2.75, 3.05) is 11.9 Å². The fourth-order valence-corrected chi connectivity index (χ4v) is 3.64. The van der Waals surface area contributed by atoms with Crippen LogP contribution >= 0.6 is 15.9 Å². The number of carbonyl (C=O) groups is 3. The molecule has 152 valence electrons. The average molecular weight is 458 g/mol. The van der Waals surface area contributed by atoms with E-state index in [4.69, 9.17) is 0 Å². The SMILES string of the molecule is CCCc1ccc(C2(C)NC(=O)N(CC(=O)Nc3ccc(Br)c(C)c3)C2=O)cc1. The molecule has 1 aliphatic rings. The number of hydrogen-bond acceptors (Lipinski definition) is 3. The molecule has 1 heterocycles. The minimum absolute atomic E-state index is 0.344. The number of aryl methyl sites for hydroxylation is 2. The van der Waals surface area contributed by atoms with Crippen LogP contribution in [0, 0.1) is 6.92 Å². The summed E-state index contributed by atoms with van der Waals surface area (Å²) >= 11 is 3.41. The van der Waals surface area contributed by atoms with Gasteiger partial charge in [-0.15, -0.1) is 0 Å².